The van der Waals surface area contributed by atoms with Crippen LogP contribution in [0, 0.1) is 0 Å². The lowest BCUT2D eigenvalue weighted by molar-refractivity contribution is -0.234. The zero-order valence-electron chi connectivity index (χ0n) is 14.5. The van der Waals surface area contributed by atoms with E-state index in [1.54, 1.807) is 0 Å². The summed E-state index contributed by atoms with van der Waals surface area (Å²) in [4.78, 5) is 14.2. The van der Waals surface area contributed by atoms with Crippen molar-refractivity contribution in [2.45, 2.75) is 71.1 Å². The molecule has 0 aromatic heterocycles. The maximum atomic E-state index is 10.7. The summed E-state index contributed by atoms with van der Waals surface area (Å²) in [6.45, 7) is 2.23. The Morgan fingerprint density at radius 2 is 1.26 bits per heavy atom. The molecule has 0 aliphatic heterocycles. The summed E-state index contributed by atoms with van der Waals surface area (Å²) in [6, 6.07) is 0. The van der Waals surface area contributed by atoms with E-state index in [0.717, 1.165) is 25.7 Å². The molecule has 0 aromatic carbocycles. The van der Waals surface area contributed by atoms with Crippen molar-refractivity contribution in [1.82, 2.24) is 0 Å². The summed E-state index contributed by atoms with van der Waals surface area (Å²) >= 11 is 0. The first-order chi connectivity index (χ1) is 11.3. The summed E-state index contributed by atoms with van der Waals surface area (Å²) in [6.07, 6.45) is 27.2. The number of carbonyl (C=O) groups is 1. The van der Waals surface area contributed by atoms with Gasteiger partial charge in [0.2, 0.25) is 0 Å². The van der Waals surface area contributed by atoms with E-state index in [9.17, 15) is 4.79 Å². The van der Waals surface area contributed by atoms with Crippen LogP contribution < -0.4 is 0 Å². The van der Waals surface area contributed by atoms with E-state index in [1.807, 2.05) is 6.08 Å². The van der Waals surface area contributed by atoms with Gasteiger partial charge in [-0.15, -0.1) is 0 Å². The Balaban J connectivity index is 3.42. The molecule has 0 bridgehead atoms. The molecule has 0 aromatic rings. The first-order valence-corrected chi connectivity index (χ1v) is 8.75. The molecular weight excluding hydrogens is 288 g/mol. The van der Waals surface area contributed by atoms with Crippen molar-refractivity contribution >= 4 is 5.97 Å². The molecule has 0 saturated heterocycles. The molecule has 0 fully saturated rings. The summed E-state index contributed by atoms with van der Waals surface area (Å²) in [5.74, 6) is -0.569. The molecule has 0 aliphatic carbocycles. The largest absolute Gasteiger partial charge is 0.342 e. The summed E-state index contributed by atoms with van der Waals surface area (Å²) in [5.41, 5.74) is 0. The Bertz CT molecular complexity index is 378. The zero-order chi connectivity index (χ0) is 17.0. The van der Waals surface area contributed by atoms with Gasteiger partial charge in [-0.3, -0.25) is 0 Å². The van der Waals surface area contributed by atoms with Crippen LogP contribution in [0.5, 0.6) is 0 Å². The molecule has 0 rings (SSSR count). The lowest BCUT2D eigenvalue weighted by Gasteiger charge is -1.93. The lowest BCUT2D eigenvalue weighted by atomic mass is 10.2. The maximum Gasteiger partial charge on any atom is 0.342 e. The quantitative estimate of drug-likeness (QED) is 0.181. The van der Waals surface area contributed by atoms with E-state index in [0.29, 0.717) is 6.42 Å². The SMILES string of the molecule is CCCCC/C=C/C/C=C/C/C=C/C/C=C/CCCC(=O)OO. The average Bonchev–Trinajstić information content (AvgIpc) is 2.57. The van der Waals surface area contributed by atoms with E-state index < -0.39 is 5.97 Å². The highest BCUT2D eigenvalue weighted by molar-refractivity contribution is 5.68. The van der Waals surface area contributed by atoms with E-state index in [2.05, 4.69) is 54.3 Å². The first-order valence-electron chi connectivity index (χ1n) is 8.75. The van der Waals surface area contributed by atoms with Crippen molar-refractivity contribution in [1.29, 1.82) is 0 Å². The normalized spacial score (nSPS) is 12.3. The van der Waals surface area contributed by atoms with E-state index >= 15 is 0 Å². The highest BCUT2D eigenvalue weighted by atomic mass is 17.1. The predicted octanol–water partition coefficient (Wildman–Crippen LogP) is 6.15. The molecule has 130 valence electrons. The van der Waals surface area contributed by atoms with Gasteiger partial charge in [0.05, 0.1) is 0 Å². The second-order valence-corrected chi connectivity index (χ2v) is 5.44. The summed E-state index contributed by atoms with van der Waals surface area (Å²) in [7, 11) is 0. The van der Waals surface area contributed by atoms with Crippen LogP contribution in [0.3, 0.4) is 0 Å². The van der Waals surface area contributed by atoms with Gasteiger partial charge in [0, 0.05) is 6.42 Å². The van der Waals surface area contributed by atoms with Crippen molar-refractivity contribution < 1.29 is 14.9 Å². The second kappa shape index (κ2) is 18.4. The minimum absolute atomic E-state index is 0.258. The molecule has 0 radical (unpaired) electrons. The van der Waals surface area contributed by atoms with Crippen LogP contribution in [0.4, 0.5) is 0 Å². The van der Waals surface area contributed by atoms with Gasteiger partial charge in [0.15, 0.2) is 0 Å². The van der Waals surface area contributed by atoms with Crippen LogP contribution in [0.25, 0.3) is 0 Å². The fourth-order valence-corrected chi connectivity index (χ4v) is 1.97. The van der Waals surface area contributed by atoms with Crippen LogP contribution in [0.15, 0.2) is 48.6 Å². The van der Waals surface area contributed by atoms with Crippen molar-refractivity contribution in [3.8, 4) is 0 Å². The van der Waals surface area contributed by atoms with Crippen molar-refractivity contribution in [2.75, 3.05) is 0 Å². The Hall–Kier alpha value is -1.61. The van der Waals surface area contributed by atoms with E-state index in [1.165, 1.54) is 25.7 Å². The molecule has 3 nitrogen and oxygen atoms in total. The second-order valence-electron chi connectivity index (χ2n) is 5.44. The van der Waals surface area contributed by atoms with Gasteiger partial charge in [-0.1, -0.05) is 68.4 Å². The van der Waals surface area contributed by atoms with E-state index in [4.69, 9.17) is 5.26 Å². The average molecular weight is 320 g/mol. The molecule has 0 unspecified atom stereocenters. The molecule has 23 heavy (non-hydrogen) atoms. The molecule has 0 saturated carbocycles. The molecular formula is C20H32O3. The molecule has 0 heterocycles. The van der Waals surface area contributed by atoms with Gasteiger partial charge < -0.3 is 4.89 Å². The van der Waals surface area contributed by atoms with Gasteiger partial charge in [-0.2, -0.15) is 5.26 Å². The summed E-state index contributed by atoms with van der Waals surface area (Å²) < 4.78 is 0. The highest BCUT2D eigenvalue weighted by Crippen LogP contribution is 2.01. The first kappa shape index (κ1) is 21.4. The Kier molecular flexibility index (Phi) is 17.1. The molecule has 0 amide bonds. The van der Waals surface area contributed by atoms with Gasteiger partial charge in [-0.05, 0) is 44.9 Å². The van der Waals surface area contributed by atoms with Gasteiger partial charge in [0.25, 0.3) is 0 Å². The standard InChI is InChI=1S/C20H32O3/c1-2-3-4-5-6-7-8-9-10-11-12-13-14-15-16-17-18-19-20(21)23-22/h6-7,9-10,12-13,15-16,22H,2-5,8,11,14,17-19H2,1H3/b7-6+,10-9+,13-12+,16-15+. The van der Waals surface area contributed by atoms with Crippen molar-refractivity contribution in [3.63, 3.8) is 0 Å². The third-order valence-electron chi connectivity index (χ3n) is 3.31. The minimum Gasteiger partial charge on any atom is -0.301 e. The van der Waals surface area contributed by atoms with Crippen molar-refractivity contribution in [3.05, 3.63) is 48.6 Å². The number of hydrogen-bond donors (Lipinski definition) is 1. The van der Waals surface area contributed by atoms with Gasteiger partial charge in [-0.25, -0.2) is 4.79 Å². The molecule has 1 N–H and O–H groups in total. The molecule has 0 aliphatic rings. The Labute approximate surface area is 141 Å². The highest BCUT2D eigenvalue weighted by Gasteiger charge is 1.98. The number of rotatable bonds is 14. The third-order valence-corrected chi connectivity index (χ3v) is 3.31. The fraction of sp³-hybridized carbons (Fsp3) is 0.550. The predicted molar refractivity (Wildman–Crippen MR) is 97.1 cm³/mol. The van der Waals surface area contributed by atoms with Crippen LogP contribution in [-0.2, 0) is 9.68 Å². The van der Waals surface area contributed by atoms with Crippen LogP contribution in [0.2, 0.25) is 0 Å². The monoisotopic (exact) mass is 320 g/mol. The fourth-order valence-electron chi connectivity index (χ4n) is 1.97. The van der Waals surface area contributed by atoms with Crippen molar-refractivity contribution in [2.24, 2.45) is 0 Å². The van der Waals surface area contributed by atoms with Crippen LogP contribution >= 0.6 is 0 Å². The number of carbonyl (C=O) groups excluding carboxylic acids is 1. The van der Waals surface area contributed by atoms with Crippen LogP contribution in [-0.4, -0.2) is 11.2 Å². The lowest BCUT2D eigenvalue weighted by Crippen LogP contribution is -1.99. The molecule has 3 heteroatoms. The minimum atomic E-state index is -0.569. The zero-order valence-corrected chi connectivity index (χ0v) is 14.5. The molecule has 0 spiro atoms. The number of hydrogen-bond acceptors (Lipinski definition) is 3. The Morgan fingerprint density at radius 1 is 0.783 bits per heavy atom. The van der Waals surface area contributed by atoms with Gasteiger partial charge >= 0.3 is 5.97 Å². The maximum absolute atomic E-state index is 10.7. The topological polar surface area (TPSA) is 46.5 Å². The summed E-state index contributed by atoms with van der Waals surface area (Å²) in [5, 5.41) is 8.08. The molecule has 0 atom stereocenters. The van der Waals surface area contributed by atoms with E-state index in [-0.39, 0.29) is 6.42 Å². The van der Waals surface area contributed by atoms with Gasteiger partial charge in [0.1, 0.15) is 0 Å². The third kappa shape index (κ3) is 18.3. The Morgan fingerprint density at radius 3 is 1.74 bits per heavy atom. The number of unbranched alkanes of at least 4 members (excludes halogenated alkanes) is 4. The van der Waals surface area contributed by atoms with Crippen LogP contribution in [0.1, 0.15) is 71.1 Å². The number of allylic oxidation sites excluding steroid dienone is 8. The smallest absolute Gasteiger partial charge is 0.301 e.